The standard InChI is InChI=1S/C14H25NO3.C8H16N2O.CH3Cl/c1-10(8-13(17)18-14(2,3)4)11-6-7-15(5)12(16)9-11;1-6(9)7-3-4-10(2)8(11)5-7;1-2/h10-11H,6-9H2,1-5H3;6-7H,3-5,9H2,1-2H3;1H3. The molecule has 2 fully saturated rings. The van der Waals surface area contributed by atoms with Crippen LogP contribution in [0.15, 0.2) is 0 Å². The zero-order valence-electron chi connectivity index (χ0n) is 20.7. The molecule has 2 aliphatic heterocycles. The quantitative estimate of drug-likeness (QED) is 0.512. The third-order valence-electron chi connectivity index (χ3n) is 5.85. The van der Waals surface area contributed by atoms with Crippen LogP contribution in [0.5, 0.6) is 0 Å². The van der Waals surface area contributed by atoms with Crippen molar-refractivity contribution in [3.63, 3.8) is 0 Å². The Hall–Kier alpha value is -1.34. The van der Waals surface area contributed by atoms with Gasteiger partial charge in [-0.3, -0.25) is 14.4 Å². The van der Waals surface area contributed by atoms with Crippen LogP contribution in [-0.2, 0) is 19.1 Å². The first-order valence-electron chi connectivity index (χ1n) is 11.1. The smallest absolute Gasteiger partial charge is 0.306 e. The molecule has 2 aliphatic rings. The van der Waals surface area contributed by atoms with Crippen molar-refractivity contribution in [2.45, 2.75) is 78.4 Å². The molecule has 8 heteroatoms. The van der Waals surface area contributed by atoms with Crippen LogP contribution < -0.4 is 5.73 Å². The van der Waals surface area contributed by atoms with Gasteiger partial charge in [0.25, 0.3) is 0 Å². The normalized spacial score (nSPS) is 23.7. The van der Waals surface area contributed by atoms with Crippen molar-refractivity contribution in [1.82, 2.24) is 9.80 Å². The van der Waals surface area contributed by atoms with E-state index in [1.54, 1.807) is 9.80 Å². The van der Waals surface area contributed by atoms with Gasteiger partial charge < -0.3 is 20.3 Å². The molecule has 4 atom stereocenters. The molecular weight excluding hydrogens is 418 g/mol. The van der Waals surface area contributed by atoms with Crippen molar-refractivity contribution in [3.8, 4) is 0 Å². The number of esters is 1. The molecule has 0 spiro atoms. The Labute approximate surface area is 194 Å². The van der Waals surface area contributed by atoms with Crippen LogP contribution in [0.4, 0.5) is 0 Å². The van der Waals surface area contributed by atoms with Crippen LogP contribution in [0.3, 0.4) is 0 Å². The lowest BCUT2D eigenvalue weighted by Gasteiger charge is -2.32. The molecule has 0 aromatic carbocycles. The summed E-state index contributed by atoms with van der Waals surface area (Å²) in [6.07, 6.45) is 5.10. The molecular formula is C23H44ClN3O4. The average molecular weight is 462 g/mol. The summed E-state index contributed by atoms with van der Waals surface area (Å²) in [6, 6.07) is 0.160. The van der Waals surface area contributed by atoms with Crippen molar-refractivity contribution in [2.75, 3.05) is 33.6 Å². The van der Waals surface area contributed by atoms with E-state index in [0.29, 0.717) is 31.1 Å². The Kier molecular flexibility index (Phi) is 13.3. The zero-order valence-corrected chi connectivity index (χ0v) is 21.5. The van der Waals surface area contributed by atoms with Gasteiger partial charge in [0, 0.05) is 58.9 Å². The number of amides is 2. The summed E-state index contributed by atoms with van der Waals surface area (Å²) in [5.74, 6) is 1.17. The maximum Gasteiger partial charge on any atom is 0.306 e. The Bertz CT molecular complexity index is 578. The molecule has 31 heavy (non-hydrogen) atoms. The van der Waals surface area contributed by atoms with E-state index in [1.165, 1.54) is 6.38 Å². The highest BCUT2D eigenvalue weighted by Crippen LogP contribution is 2.28. The minimum Gasteiger partial charge on any atom is -0.460 e. The Balaban J connectivity index is 0.000000591. The lowest BCUT2D eigenvalue weighted by atomic mass is 9.83. The number of nitrogens with two attached hydrogens (primary N) is 1. The number of halogens is 1. The topological polar surface area (TPSA) is 92.9 Å². The van der Waals surface area contributed by atoms with Gasteiger partial charge in [0.05, 0.1) is 0 Å². The van der Waals surface area contributed by atoms with Gasteiger partial charge in [-0.2, -0.15) is 0 Å². The van der Waals surface area contributed by atoms with E-state index < -0.39 is 5.60 Å². The minimum absolute atomic E-state index is 0.160. The fourth-order valence-electron chi connectivity index (χ4n) is 3.68. The third-order valence-corrected chi connectivity index (χ3v) is 5.85. The summed E-state index contributed by atoms with van der Waals surface area (Å²) >= 11 is 4.64. The Morgan fingerprint density at radius 3 is 1.84 bits per heavy atom. The van der Waals surface area contributed by atoms with Gasteiger partial charge in [-0.25, -0.2) is 0 Å². The first kappa shape index (κ1) is 29.7. The first-order chi connectivity index (χ1) is 14.3. The van der Waals surface area contributed by atoms with Crippen molar-refractivity contribution >= 4 is 29.4 Å². The summed E-state index contributed by atoms with van der Waals surface area (Å²) in [5, 5.41) is 0. The molecule has 0 aromatic rings. The number of nitrogens with zero attached hydrogens (tertiary/aromatic N) is 2. The van der Waals surface area contributed by atoms with Crippen molar-refractivity contribution in [3.05, 3.63) is 0 Å². The molecule has 2 N–H and O–H groups in total. The monoisotopic (exact) mass is 461 g/mol. The van der Waals surface area contributed by atoms with Gasteiger partial charge >= 0.3 is 5.97 Å². The predicted octanol–water partition coefficient (Wildman–Crippen LogP) is 3.28. The molecule has 2 heterocycles. The fraction of sp³-hybridized carbons (Fsp3) is 0.870. The number of hydrogen-bond donors (Lipinski definition) is 1. The maximum atomic E-state index is 11.7. The van der Waals surface area contributed by atoms with Crippen LogP contribution in [0.1, 0.15) is 66.7 Å². The summed E-state index contributed by atoms with van der Waals surface area (Å²) in [6.45, 7) is 11.3. The molecule has 2 saturated heterocycles. The molecule has 4 unspecified atom stereocenters. The van der Waals surface area contributed by atoms with E-state index in [-0.39, 0.29) is 29.7 Å². The van der Waals surface area contributed by atoms with Crippen LogP contribution in [-0.4, -0.2) is 72.8 Å². The number of ether oxygens (including phenoxy) is 1. The third kappa shape index (κ3) is 11.7. The molecule has 0 aliphatic carbocycles. The van der Waals surface area contributed by atoms with Gasteiger partial charge in [-0.05, 0) is 58.3 Å². The first-order valence-corrected chi connectivity index (χ1v) is 11.9. The molecule has 7 nitrogen and oxygen atoms in total. The van der Waals surface area contributed by atoms with E-state index in [0.717, 1.165) is 25.9 Å². The summed E-state index contributed by atoms with van der Waals surface area (Å²) in [7, 11) is 3.68. The van der Waals surface area contributed by atoms with Gasteiger partial charge in [0.15, 0.2) is 0 Å². The van der Waals surface area contributed by atoms with Crippen LogP contribution in [0.2, 0.25) is 0 Å². The lowest BCUT2D eigenvalue weighted by molar-refractivity contribution is -0.157. The fourth-order valence-corrected chi connectivity index (χ4v) is 3.68. The number of hydrogen-bond acceptors (Lipinski definition) is 5. The summed E-state index contributed by atoms with van der Waals surface area (Å²) in [4.78, 5) is 38.1. The van der Waals surface area contributed by atoms with Gasteiger partial charge in [-0.15, -0.1) is 11.6 Å². The molecule has 182 valence electrons. The van der Waals surface area contributed by atoms with E-state index in [9.17, 15) is 14.4 Å². The van der Waals surface area contributed by atoms with Crippen molar-refractivity contribution in [2.24, 2.45) is 23.5 Å². The van der Waals surface area contributed by atoms with E-state index in [4.69, 9.17) is 10.5 Å². The molecule has 0 bridgehead atoms. The number of alkyl halides is 1. The molecule has 0 radical (unpaired) electrons. The number of likely N-dealkylation sites (tertiary alicyclic amines) is 2. The number of carbonyl (C=O) groups excluding carboxylic acids is 3. The van der Waals surface area contributed by atoms with Gasteiger partial charge in [0.2, 0.25) is 11.8 Å². The number of piperidine rings is 2. The average Bonchev–Trinajstić information content (AvgIpc) is 2.66. The van der Waals surface area contributed by atoms with Crippen LogP contribution in [0.25, 0.3) is 0 Å². The highest BCUT2D eigenvalue weighted by atomic mass is 35.5. The zero-order chi connectivity index (χ0) is 24.4. The van der Waals surface area contributed by atoms with Crippen LogP contribution >= 0.6 is 11.6 Å². The molecule has 2 rings (SSSR count). The molecule has 2 amide bonds. The van der Waals surface area contributed by atoms with Crippen molar-refractivity contribution in [1.29, 1.82) is 0 Å². The van der Waals surface area contributed by atoms with Gasteiger partial charge in [-0.1, -0.05) is 6.92 Å². The van der Waals surface area contributed by atoms with E-state index >= 15 is 0 Å². The highest BCUT2D eigenvalue weighted by molar-refractivity contribution is 6.15. The number of carbonyl (C=O) groups is 3. The van der Waals surface area contributed by atoms with E-state index in [1.807, 2.05) is 48.7 Å². The minimum atomic E-state index is -0.431. The SMILES string of the molecule is CC(CC(=O)OC(C)(C)C)C1CCN(C)C(=O)C1.CC(N)C1CCN(C)C(=O)C1.CCl. The van der Waals surface area contributed by atoms with E-state index in [2.05, 4.69) is 11.6 Å². The number of rotatable bonds is 4. The Morgan fingerprint density at radius 1 is 1.03 bits per heavy atom. The lowest BCUT2D eigenvalue weighted by Crippen LogP contribution is -2.41. The second-order valence-electron chi connectivity index (χ2n) is 9.76. The summed E-state index contributed by atoms with van der Waals surface area (Å²) in [5.41, 5.74) is 5.27. The highest BCUT2D eigenvalue weighted by Gasteiger charge is 2.29. The molecule has 0 saturated carbocycles. The molecule has 0 aromatic heterocycles. The summed E-state index contributed by atoms with van der Waals surface area (Å²) < 4.78 is 5.31. The second kappa shape index (κ2) is 13.9. The van der Waals surface area contributed by atoms with Crippen LogP contribution in [0, 0.1) is 17.8 Å². The second-order valence-corrected chi connectivity index (χ2v) is 9.76. The van der Waals surface area contributed by atoms with Crippen molar-refractivity contribution < 1.29 is 19.1 Å². The largest absolute Gasteiger partial charge is 0.460 e. The Morgan fingerprint density at radius 2 is 1.45 bits per heavy atom. The maximum absolute atomic E-state index is 11.7. The van der Waals surface area contributed by atoms with Gasteiger partial charge in [0.1, 0.15) is 5.60 Å². The predicted molar refractivity (Wildman–Crippen MR) is 126 cm³/mol.